The normalized spacial score (nSPS) is 16.8. The molecule has 1 heterocycles. The number of anilines is 3. The van der Waals surface area contributed by atoms with Crippen LogP contribution in [-0.4, -0.2) is 5.78 Å². The predicted molar refractivity (Wildman–Crippen MR) is 182 cm³/mol. The molecule has 0 N–H and O–H groups in total. The number of ketones is 1. The minimum Gasteiger partial charge on any atom is -0.456 e. The van der Waals surface area contributed by atoms with Gasteiger partial charge in [-0.2, -0.15) is 0 Å². The van der Waals surface area contributed by atoms with Crippen LogP contribution in [0.25, 0.3) is 11.3 Å². The van der Waals surface area contributed by atoms with E-state index in [4.69, 9.17) is 4.74 Å². The molecule has 45 heavy (non-hydrogen) atoms. The Balaban J connectivity index is 1.26. The zero-order valence-corrected chi connectivity index (χ0v) is 24.5. The summed E-state index contributed by atoms with van der Waals surface area (Å²) >= 11 is 0. The van der Waals surface area contributed by atoms with Gasteiger partial charge in [-0.25, -0.2) is 0 Å². The van der Waals surface area contributed by atoms with Crippen LogP contribution in [0.15, 0.2) is 175 Å². The number of carbonyl (C=O) groups is 1. The summed E-state index contributed by atoms with van der Waals surface area (Å²) in [6.07, 6.45) is 2.05. The molecule has 0 saturated heterocycles. The molecule has 0 spiro atoms. The smallest absolute Gasteiger partial charge is 0.190 e. The molecule has 3 heteroatoms. The Bertz CT molecular complexity index is 2040. The quantitative estimate of drug-likeness (QED) is 0.190. The summed E-state index contributed by atoms with van der Waals surface area (Å²) in [6.45, 7) is 0. The maximum atomic E-state index is 14.2. The second-order valence-electron chi connectivity index (χ2n) is 11.2. The summed E-state index contributed by atoms with van der Waals surface area (Å²) in [5, 5.41) is 0. The van der Waals surface area contributed by atoms with Gasteiger partial charge in [-0.15, -0.1) is 0 Å². The van der Waals surface area contributed by atoms with E-state index >= 15 is 0 Å². The average Bonchev–Trinajstić information content (AvgIpc) is 3.41. The van der Waals surface area contributed by atoms with Gasteiger partial charge in [0, 0.05) is 45.2 Å². The first-order valence-corrected chi connectivity index (χ1v) is 15.2. The third-order valence-electron chi connectivity index (χ3n) is 8.58. The first-order valence-electron chi connectivity index (χ1n) is 15.2. The zero-order chi connectivity index (χ0) is 30.2. The fourth-order valence-corrected chi connectivity index (χ4v) is 6.53. The molecule has 0 bridgehead atoms. The number of allylic oxidation sites excluding steroid dienone is 3. The molecule has 1 unspecified atom stereocenters. The summed E-state index contributed by atoms with van der Waals surface area (Å²) in [6, 6.07) is 55.5. The number of rotatable bonds is 5. The van der Waals surface area contributed by atoms with Gasteiger partial charge in [0.25, 0.3) is 0 Å². The van der Waals surface area contributed by atoms with Gasteiger partial charge in [-0.3, -0.25) is 4.79 Å². The fourth-order valence-electron chi connectivity index (χ4n) is 6.53. The lowest BCUT2D eigenvalue weighted by Gasteiger charge is -2.26. The van der Waals surface area contributed by atoms with Crippen LogP contribution >= 0.6 is 0 Å². The summed E-state index contributed by atoms with van der Waals surface area (Å²) in [5.74, 6) is 1.36. The lowest BCUT2D eigenvalue weighted by atomic mass is 9.84. The first-order chi connectivity index (χ1) is 22.3. The van der Waals surface area contributed by atoms with Gasteiger partial charge < -0.3 is 9.64 Å². The molecule has 1 atom stereocenters. The molecule has 0 saturated carbocycles. The Morgan fingerprint density at radius 2 is 1.04 bits per heavy atom. The highest BCUT2D eigenvalue weighted by Crippen LogP contribution is 2.49. The summed E-state index contributed by atoms with van der Waals surface area (Å²) < 4.78 is 6.53. The van der Waals surface area contributed by atoms with E-state index in [-0.39, 0.29) is 11.7 Å². The number of hydrogen-bond acceptors (Lipinski definition) is 3. The van der Waals surface area contributed by atoms with Crippen molar-refractivity contribution in [1.29, 1.82) is 0 Å². The van der Waals surface area contributed by atoms with Crippen LogP contribution in [-0.2, 0) is 0 Å². The van der Waals surface area contributed by atoms with Gasteiger partial charge in [0.1, 0.15) is 11.5 Å². The monoisotopic (exact) mass is 579 g/mol. The van der Waals surface area contributed by atoms with Crippen LogP contribution in [0.3, 0.4) is 0 Å². The topological polar surface area (TPSA) is 29.5 Å². The summed E-state index contributed by atoms with van der Waals surface area (Å²) in [4.78, 5) is 16.4. The molecule has 8 rings (SSSR count). The lowest BCUT2D eigenvalue weighted by molar-refractivity contribution is 0.103. The molecular formula is C42H29NO2. The van der Waals surface area contributed by atoms with Crippen LogP contribution in [0.4, 0.5) is 17.1 Å². The van der Waals surface area contributed by atoms with Gasteiger partial charge >= 0.3 is 0 Å². The number of ether oxygens (including phenoxy) is 1. The van der Waals surface area contributed by atoms with E-state index in [0.29, 0.717) is 5.76 Å². The van der Waals surface area contributed by atoms with Gasteiger partial charge in [0.2, 0.25) is 0 Å². The molecule has 0 radical (unpaired) electrons. The molecule has 6 aromatic carbocycles. The fraction of sp³-hybridized carbons (Fsp3) is 0.0238. The van der Waals surface area contributed by atoms with E-state index in [1.54, 1.807) is 0 Å². The number of nitrogens with zero attached hydrogens (tertiary/aromatic N) is 1. The second kappa shape index (κ2) is 11.3. The third kappa shape index (κ3) is 4.75. The average molecular weight is 580 g/mol. The summed E-state index contributed by atoms with van der Waals surface area (Å²) in [7, 11) is 0. The molecule has 1 aliphatic heterocycles. The van der Waals surface area contributed by atoms with Gasteiger partial charge in [0.15, 0.2) is 5.78 Å². The van der Waals surface area contributed by atoms with Crippen molar-refractivity contribution >= 4 is 34.2 Å². The van der Waals surface area contributed by atoms with E-state index in [1.807, 2.05) is 72.8 Å². The van der Waals surface area contributed by atoms with Crippen molar-refractivity contribution < 1.29 is 9.53 Å². The summed E-state index contributed by atoms with van der Waals surface area (Å²) in [5.41, 5.74) is 9.66. The highest BCUT2D eigenvalue weighted by Gasteiger charge is 2.38. The molecule has 1 aliphatic carbocycles. The van der Waals surface area contributed by atoms with Gasteiger partial charge in [0.05, 0.1) is 0 Å². The minimum atomic E-state index is -0.166. The molecule has 0 fully saturated rings. The van der Waals surface area contributed by atoms with Crippen molar-refractivity contribution in [3.05, 3.63) is 203 Å². The van der Waals surface area contributed by atoms with Crippen molar-refractivity contribution in [1.82, 2.24) is 0 Å². The van der Waals surface area contributed by atoms with Crippen LogP contribution < -0.4 is 9.64 Å². The Morgan fingerprint density at radius 3 is 1.71 bits per heavy atom. The van der Waals surface area contributed by atoms with E-state index in [1.165, 1.54) is 0 Å². The predicted octanol–water partition coefficient (Wildman–Crippen LogP) is 10.4. The lowest BCUT2D eigenvalue weighted by Crippen LogP contribution is -2.11. The number of carbonyl (C=O) groups excluding carboxylic acids is 1. The minimum absolute atomic E-state index is 0.0680. The number of para-hydroxylation sites is 3. The molecule has 214 valence electrons. The Morgan fingerprint density at radius 1 is 0.511 bits per heavy atom. The zero-order valence-electron chi connectivity index (χ0n) is 24.5. The first kappa shape index (κ1) is 26.7. The molecular weight excluding hydrogens is 550 g/mol. The highest BCUT2D eigenvalue weighted by atomic mass is 16.5. The van der Waals surface area contributed by atoms with Crippen LogP contribution in [0.2, 0.25) is 0 Å². The highest BCUT2D eigenvalue weighted by molar-refractivity contribution is 6.20. The van der Waals surface area contributed by atoms with E-state index < -0.39 is 0 Å². The van der Waals surface area contributed by atoms with Gasteiger partial charge in [-0.05, 0) is 77.4 Å². The number of fused-ring (bicyclic) bond motifs is 2. The van der Waals surface area contributed by atoms with Crippen LogP contribution in [0, 0.1) is 0 Å². The molecule has 3 nitrogen and oxygen atoms in total. The van der Waals surface area contributed by atoms with Crippen LogP contribution in [0.5, 0.6) is 5.75 Å². The molecule has 2 aliphatic rings. The van der Waals surface area contributed by atoms with Crippen molar-refractivity contribution in [2.45, 2.75) is 5.92 Å². The van der Waals surface area contributed by atoms with E-state index in [0.717, 1.165) is 61.8 Å². The van der Waals surface area contributed by atoms with Crippen molar-refractivity contribution in [2.75, 3.05) is 4.90 Å². The van der Waals surface area contributed by atoms with Crippen molar-refractivity contribution in [2.24, 2.45) is 0 Å². The molecule has 0 amide bonds. The maximum absolute atomic E-state index is 14.2. The number of Topliss-reactive ketones (excluding diaryl/α,β-unsaturated/α-hetero) is 1. The third-order valence-corrected chi connectivity index (χ3v) is 8.58. The maximum Gasteiger partial charge on any atom is 0.190 e. The molecule has 0 aromatic heterocycles. The Labute approximate surface area is 263 Å². The largest absolute Gasteiger partial charge is 0.456 e. The second-order valence-corrected chi connectivity index (χ2v) is 11.2. The van der Waals surface area contributed by atoms with E-state index in [9.17, 15) is 4.79 Å². The van der Waals surface area contributed by atoms with E-state index in [2.05, 4.69) is 102 Å². The van der Waals surface area contributed by atoms with Crippen molar-refractivity contribution in [3.63, 3.8) is 0 Å². The standard InChI is InChI=1S/C42H29NO2/c44-42-36-22-11-10-21-35(36)40(30-14-4-1-5-15-30)41(42)37-28-39(45-38-23-13-12-20-34(37)38)29-24-26-33(27-25-29)43(31-16-6-2-7-17-31)32-18-8-3-9-19-32/h1-28,40H/b41-37-. The SMILES string of the molecule is O=C1/C(=C2/C=C(c3ccc(N(c4ccccc4)c4ccccc4)cc3)Oc3ccccc32)C(c2ccccc2)c2ccccc21. The Kier molecular flexibility index (Phi) is 6.69. The van der Waals surface area contributed by atoms with Gasteiger partial charge in [-0.1, -0.05) is 109 Å². The Hall–Kier alpha value is -5.93. The van der Waals surface area contributed by atoms with Crippen molar-refractivity contribution in [3.8, 4) is 5.75 Å². The van der Waals surface area contributed by atoms with Crippen LogP contribution in [0.1, 0.15) is 38.5 Å². The molecule has 6 aromatic rings. The number of hydrogen-bond donors (Lipinski definition) is 0. The number of benzene rings is 6.